The fourth-order valence-electron chi connectivity index (χ4n) is 3.14. The third-order valence-electron chi connectivity index (χ3n) is 4.79. The van der Waals surface area contributed by atoms with Gasteiger partial charge >= 0.3 is 5.97 Å². The van der Waals surface area contributed by atoms with Crippen molar-refractivity contribution in [1.82, 2.24) is 0 Å². The Bertz CT molecular complexity index is 937. The van der Waals surface area contributed by atoms with Crippen LogP contribution < -0.4 is 9.64 Å². The minimum absolute atomic E-state index is 0.00749. The van der Waals surface area contributed by atoms with Crippen LogP contribution in [-0.2, 0) is 9.47 Å². The molecule has 158 valence electrons. The molecule has 0 N–H and O–H groups in total. The standard InChI is InChI=1S/C21H22N2O7/c1-14(20(24)15-3-6-17(28-2)7-4-15)30-21(25)16-5-8-18(19(13-16)23(26)27)22-9-11-29-12-10-22/h3-8,13-14H,9-12H2,1-2H3/t14-/m0/s1. The first kappa shape index (κ1) is 21.3. The van der Waals surface area contributed by atoms with Crippen LogP contribution >= 0.6 is 0 Å². The second-order valence-electron chi connectivity index (χ2n) is 6.70. The molecule has 1 atom stereocenters. The Morgan fingerprint density at radius 1 is 1.10 bits per heavy atom. The van der Waals surface area contributed by atoms with Crippen molar-refractivity contribution >= 4 is 23.1 Å². The predicted molar refractivity (Wildman–Crippen MR) is 108 cm³/mol. The van der Waals surface area contributed by atoms with Crippen molar-refractivity contribution in [3.05, 3.63) is 63.7 Å². The molecule has 0 aliphatic carbocycles. The Kier molecular flexibility index (Phi) is 6.63. The number of hydrogen-bond donors (Lipinski definition) is 0. The number of benzene rings is 2. The quantitative estimate of drug-likeness (QED) is 0.295. The lowest BCUT2D eigenvalue weighted by Gasteiger charge is -2.28. The summed E-state index contributed by atoms with van der Waals surface area (Å²) >= 11 is 0. The molecule has 2 aromatic rings. The van der Waals surface area contributed by atoms with Gasteiger partial charge in [-0.3, -0.25) is 14.9 Å². The van der Waals surface area contributed by atoms with Gasteiger partial charge in [0.05, 0.1) is 30.8 Å². The fraction of sp³-hybridized carbons (Fsp3) is 0.333. The first-order chi connectivity index (χ1) is 14.4. The van der Waals surface area contributed by atoms with E-state index in [1.54, 1.807) is 24.3 Å². The van der Waals surface area contributed by atoms with Gasteiger partial charge in [-0.2, -0.15) is 0 Å². The van der Waals surface area contributed by atoms with E-state index in [2.05, 4.69) is 0 Å². The number of morpholine rings is 1. The highest BCUT2D eigenvalue weighted by Crippen LogP contribution is 2.30. The summed E-state index contributed by atoms with van der Waals surface area (Å²) in [6, 6.07) is 10.6. The smallest absolute Gasteiger partial charge is 0.339 e. The Balaban J connectivity index is 1.74. The lowest BCUT2D eigenvalue weighted by atomic mass is 10.1. The summed E-state index contributed by atoms with van der Waals surface area (Å²) in [4.78, 5) is 37.8. The molecule has 0 radical (unpaired) electrons. The number of nitro benzene ring substituents is 1. The average molecular weight is 414 g/mol. The van der Waals surface area contributed by atoms with Crippen LogP contribution in [0.25, 0.3) is 0 Å². The molecule has 0 amide bonds. The first-order valence-corrected chi connectivity index (χ1v) is 9.41. The summed E-state index contributed by atoms with van der Waals surface area (Å²) in [6.45, 7) is 3.47. The highest BCUT2D eigenvalue weighted by Gasteiger charge is 2.26. The molecule has 1 aliphatic heterocycles. The molecular formula is C21H22N2O7. The third kappa shape index (κ3) is 4.74. The molecule has 1 fully saturated rings. The summed E-state index contributed by atoms with van der Waals surface area (Å²) < 4.78 is 15.6. The topological polar surface area (TPSA) is 108 Å². The number of carbonyl (C=O) groups excluding carboxylic acids is 2. The van der Waals surface area contributed by atoms with Gasteiger partial charge in [0.2, 0.25) is 5.78 Å². The zero-order valence-electron chi connectivity index (χ0n) is 16.7. The van der Waals surface area contributed by atoms with E-state index >= 15 is 0 Å². The number of rotatable bonds is 7. The van der Waals surface area contributed by atoms with Crippen molar-refractivity contribution in [3.63, 3.8) is 0 Å². The van der Waals surface area contributed by atoms with Crippen LogP contribution in [0.3, 0.4) is 0 Å². The molecule has 2 aromatic carbocycles. The van der Waals surface area contributed by atoms with E-state index in [1.165, 1.54) is 32.2 Å². The number of nitro groups is 1. The first-order valence-electron chi connectivity index (χ1n) is 9.41. The molecule has 9 heteroatoms. The van der Waals surface area contributed by atoms with Crippen LogP contribution in [0.2, 0.25) is 0 Å². The van der Waals surface area contributed by atoms with E-state index in [-0.39, 0.29) is 17.0 Å². The maximum atomic E-state index is 12.5. The number of Topliss-reactive ketones (excluding diaryl/α,β-unsaturated/α-hetero) is 1. The summed E-state index contributed by atoms with van der Waals surface area (Å²) in [6.07, 6.45) is -1.05. The van der Waals surface area contributed by atoms with Crippen molar-refractivity contribution < 1.29 is 28.7 Å². The van der Waals surface area contributed by atoms with E-state index in [0.717, 1.165) is 0 Å². The number of nitrogens with zero attached hydrogens (tertiary/aromatic N) is 2. The lowest BCUT2D eigenvalue weighted by Crippen LogP contribution is -2.36. The Morgan fingerprint density at radius 3 is 2.33 bits per heavy atom. The van der Waals surface area contributed by atoms with Crippen molar-refractivity contribution in [2.45, 2.75) is 13.0 Å². The van der Waals surface area contributed by atoms with Crippen LogP contribution in [0.1, 0.15) is 27.6 Å². The van der Waals surface area contributed by atoms with E-state index in [0.29, 0.717) is 43.3 Å². The number of hydrogen-bond acceptors (Lipinski definition) is 8. The maximum Gasteiger partial charge on any atom is 0.339 e. The molecule has 0 bridgehead atoms. The molecule has 0 unspecified atom stereocenters. The molecule has 1 aliphatic rings. The molecule has 1 heterocycles. The number of anilines is 1. The molecular weight excluding hydrogens is 392 g/mol. The average Bonchev–Trinajstić information content (AvgIpc) is 2.78. The SMILES string of the molecule is COc1ccc(C(=O)[C@H](C)OC(=O)c2ccc(N3CCOCC3)c([N+](=O)[O-])c2)cc1. The van der Waals surface area contributed by atoms with E-state index in [1.807, 2.05) is 4.90 Å². The predicted octanol–water partition coefficient (Wildman–Crippen LogP) is 2.87. The monoisotopic (exact) mass is 414 g/mol. The molecule has 30 heavy (non-hydrogen) atoms. The molecule has 1 saturated heterocycles. The molecule has 0 aromatic heterocycles. The van der Waals surface area contributed by atoms with Crippen molar-refractivity contribution in [2.75, 3.05) is 38.3 Å². The fourth-order valence-corrected chi connectivity index (χ4v) is 3.14. The van der Waals surface area contributed by atoms with Crippen LogP contribution in [0.5, 0.6) is 5.75 Å². The van der Waals surface area contributed by atoms with Gasteiger partial charge in [-0.1, -0.05) is 0 Å². The number of carbonyl (C=O) groups is 2. The number of esters is 1. The number of ketones is 1. The Labute approximate surface area is 173 Å². The lowest BCUT2D eigenvalue weighted by molar-refractivity contribution is -0.384. The van der Waals surface area contributed by atoms with Gasteiger partial charge in [0.25, 0.3) is 5.69 Å². The molecule has 0 spiro atoms. The van der Waals surface area contributed by atoms with Crippen LogP contribution in [0.15, 0.2) is 42.5 Å². The maximum absolute atomic E-state index is 12.5. The summed E-state index contributed by atoms with van der Waals surface area (Å²) in [7, 11) is 1.52. The van der Waals surface area contributed by atoms with Gasteiger partial charge in [0.15, 0.2) is 6.10 Å². The van der Waals surface area contributed by atoms with Crippen molar-refractivity contribution in [1.29, 1.82) is 0 Å². The largest absolute Gasteiger partial charge is 0.497 e. The molecule has 3 rings (SSSR count). The molecule has 0 saturated carbocycles. The zero-order chi connectivity index (χ0) is 21.7. The van der Waals surface area contributed by atoms with Gasteiger partial charge in [-0.25, -0.2) is 4.79 Å². The summed E-state index contributed by atoms with van der Waals surface area (Å²) in [5.41, 5.74) is 0.598. The zero-order valence-corrected chi connectivity index (χ0v) is 16.7. The normalized spacial score (nSPS) is 14.7. The van der Waals surface area contributed by atoms with Crippen LogP contribution in [0.4, 0.5) is 11.4 Å². The second kappa shape index (κ2) is 9.36. The minimum atomic E-state index is -1.05. The Morgan fingerprint density at radius 2 is 1.73 bits per heavy atom. The van der Waals surface area contributed by atoms with Gasteiger partial charge < -0.3 is 19.1 Å². The van der Waals surface area contributed by atoms with Gasteiger partial charge in [-0.15, -0.1) is 0 Å². The number of methoxy groups -OCH3 is 1. The van der Waals surface area contributed by atoms with Crippen molar-refractivity contribution in [2.24, 2.45) is 0 Å². The van der Waals surface area contributed by atoms with Crippen LogP contribution in [0, 0.1) is 10.1 Å². The highest BCUT2D eigenvalue weighted by atomic mass is 16.6. The summed E-state index contributed by atoms with van der Waals surface area (Å²) in [5, 5.41) is 11.5. The van der Waals surface area contributed by atoms with Gasteiger partial charge in [0, 0.05) is 24.7 Å². The van der Waals surface area contributed by atoms with E-state index < -0.39 is 17.0 Å². The Hall–Kier alpha value is -3.46. The molecule has 9 nitrogen and oxygen atoms in total. The van der Waals surface area contributed by atoms with Gasteiger partial charge in [0.1, 0.15) is 11.4 Å². The highest BCUT2D eigenvalue weighted by molar-refractivity contribution is 6.01. The van der Waals surface area contributed by atoms with Crippen LogP contribution in [-0.4, -0.2) is 56.2 Å². The van der Waals surface area contributed by atoms with Gasteiger partial charge in [-0.05, 0) is 43.3 Å². The van der Waals surface area contributed by atoms with E-state index in [9.17, 15) is 19.7 Å². The second-order valence-corrected chi connectivity index (χ2v) is 6.70. The number of ether oxygens (including phenoxy) is 3. The third-order valence-corrected chi connectivity index (χ3v) is 4.79. The minimum Gasteiger partial charge on any atom is -0.497 e. The summed E-state index contributed by atoms with van der Waals surface area (Å²) in [5.74, 6) is -0.588. The van der Waals surface area contributed by atoms with E-state index in [4.69, 9.17) is 14.2 Å². The van der Waals surface area contributed by atoms with Crippen molar-refractivity contribution in [3.8, 4) is 5.75 Å².